The zero-order valence-electron chi connectivity index (χ0n) is 28.4. The third-order valence-corrected chi connectivity index (χ3v) is 8.73. The first-order valence-electron chi connectivity index (χ1n) is 15.2. The second-order valence-electron chi connectivity index (χ2n) is 11.1. The fourth-order valence-corrected chi connectivity index (χ4v) is 6.37. The Labute approximate surface area is 294 Å². The van der Waals surface area contributed by atoms with Gasteiger partial charge in [0.05, 0.1) is 48.6 Å². The van der Waals surface area contributed by atoms with Gasteiger partial charge in [0, 0.05) is 70.9 Å². The number of hydroxylamine groups is 2. The molecule has 0 spiro atoms. The summed E-state index contributed by atoms with van der Waals surface area (Å²) < 4.78 is 36.9. The lowest BCUT2D eigenvalue weighted by atomic mass is 9.81. The van der Waals surface area contributed by atoms with Crippen LogP contribution in [0.1, 0.15) is 53.9 Å². The van der Waals surface area contributed by atoms with Crippen molar-refractivity contribution >= 4 is 46.1 Å². The highest BCUT2D eigenvalue weighted by atomic mass is 127. The van der Waals surface area contributed by atoms with Crippen molar-refractivity contribution < 1.29 is 47.6 Å². The molecule has 12 nitrogen and oxygen atoms in total. The van der Waals surface area contributed by atoms with E-state index in [4.69, 9.17) is 33.3 Å². The smallest absolute Gasteiger partial charge is 0.333 e. The first-order valence-corrected chi connectivity index (χ1v) is 16.3. The largest absolute Gasteiger partial charge is 0.496 e. The number of rotatable bonds is 15. The molecule has 1 aliphatic rings. The zero-order chi connectivity index (χ0) is 35.1. The molecule has 1 unspecified atom stereocenters. The average molecular weight is 777 g/mol. The number of hydrogen-bond donors (Lipinski definition) is 0. The molecule has 0 N–H and O–H groups in total. The van der Waals surface area contributed by atoms with Gasteiger partial charge in [-0.15, -0.1) is 5.06 Å². The SMILES string of the molecule is COc1cc(C)cc(OC)c1C(c1c(OC)cc(I)cc1OC)c1c(OC)cc(N(C)CCCC(=O)ON2C(=O)CCC2=O)cc1OC. The highest BCUT2D eigenvalue weighted by Gasteiger charge is 2.36. The van der Waals surface area contributed by atoms with E-state index in [0.717, 1.165) is 20.4 Å². The molecule has 48 heavy (non-hydrogen) atoms. The first kappa shape index (κ1) is 36.4. The van der Waals surface area contributed by atoms with Crippen molar-refractivity contribution in [2.45, 2.75) is 38.5 Å². The molecule has 1 saturated heterocycles. The molecule has 0 aliphatic carbocycles. The molecule has 1 fully saturated rings. The van der Waals surface area contributed by atoms with E-state index in [2.05, 4.69) is 22.6 Å². The maximum Gasteiger partial charge on any atom is 0.333 e. The number of aryl methyl sites for hydroxylation is 1. The van der Waals surface area contributed by atoms with Gasteiger partial charge in [-0.1, -0.05) is 0 Å². The molecule has 13 heteroatoms. The highest BCUT2D eigenvalue weighted by molar-refractivity contribution is 14.1. The van der Waals surface area contributed by atoms with Crippen LogP contribution in [0.15, 0.2) is 36.4 Å². The Bertz CT molecular complexity index is 1520. The van der Waals surface area contributed by atoms with Gasteiger partial charge in [0.25, 0.3) is 11.8 Å². The predicted octanol–water partition coefficient (Wildman–Crippen LogP) is 5.66. The highest BCUT2D eigenvalue weighted by Crippen LogP contribution is 2.54. The van der Waals surface area contributed by atoms with E-state index in [1.807, 2.05) is 55.3 Å². The van der Waals surface area contributed by atoms with Gasteiger partial charge in [-0.05, 0) is 65.8 Å². The maximum absolute atomic E-state index is 12.4. The van der Waals surface area contributed by atoms with Crippen molar-refractivity contribution in [1.29, 1.82) is 0 Å². The van der Waals surface area contributed by atoms with E-state index in [0.29, 0.717) is 63.7 Å². The minimum absolute atomic E-state index is 0.00916. The summed E-state index contributed by atoms with van der Waals surface area (Å²) in [7, 11) is 11.5. The number of carbonyl (C=O) groups is 3. The standard InChI is InChI=1S/C35H41IN2O10/c1-20-14-23(42-3)32(24(15-20)43-4)35(33-25(44-5)16-21(36)17-26(33)45-6)34-27(46-7)18-22(19-28(34)47-8)37(2)13-9-10-31(41)48-38-29(39)11-12-30(38)40/h14-19,35H,9-13H2,1-8H3. The van der Waals surface area contributed by atoms with Crippen LogP contribution in [-0.4, -0.2) is 79.1 Å². The minimum Gasteiger partial charge on any atom is -0.496 e. The van der Waals surface area contributed by atoms with Crippen LogP contribution < -0.4 is 33.3 Å². The van der Waals surface area contributed by atoms with Crippen molar-refractivity contribution in [3.8, 4) is 34.5 Å². The number of hydrogen-bond acceptors (Lipinski definition) is 11. The summed E-state index contributed by atoms with van der Waals surface area (Å²) in [5, 5.41) is 0.562. The van der Waals surface area contributed by atoms with Crippen LogP contribution >= 0.6 is 22.6 Å². The Morgan fingerprint density at radius 1 is 0.729 bits per heavy atom. The first-order chi connectivity index (χ1) is 23.0. The summed E-state index contributed by atoms with van der Waals surface area (Å²) in [6.45, 7) is 2.41. The fourth-order valence-electron chi connectivity index (χ4n) is 5.80. The van der Waals surface area contributed by atoms with Crippen LogP contribution in [0.25, 0.3) is 0 Å². The van der Waals surface area contributed by atoms with Gasteiger partial charge >= 0.3 is 5.97 Å². The van der Waals surface area contributed by atoms with E-state index >= 15 is 0 Å². The number of imide groups is 1. The summed E-state index contributed by atoms with van der Waals surface area (Å²) in [5.41, 5.74) is 3.82. The second kappa shape index (κ2) is 16.1. The lowest BCUT2D eigenvalue weighted by Crippen LogP contribution is -2.32. The van der Waals surface area contributed by atoms with Crippen molar-refractivity contribution in [2.75, 3.05) is 61.2 Å². The fraction of sp³-hybridized carbons (Fsp3) is 0.400. The van der Waals surface area contributed by atoms with Crippen molar-refractivity contribution in [1.82, 2.24) is 5.06 Å². The molecule has 0 radical (unpaired) electrons. The number of methoxy groups -OCH3 is 6. The second-order valence-corrected chi connectivity index (χ2v) is 12.3. The summed E-state index contributed by atoms with van der Waals surface area (Å²) in [4.78, 5) is 42.9. The Hall–Kier alpha value is -4.40. The molecule has 258 valence electrons. The van der Waals surface area contributed by atoms with Crippen LogP contribution in [0.4, 0.5) is 5.69 Å². The van der Waals surface area contributed by atoms with E-state index in [-0.39, 0.29) is 19.3 Å². The Balaban J connectivity index is 1.80. The van der Waals surface area contributed by atoms with Crippen LogP contribution in [-0.2, 0) is 19.2 Å². The third kappa shape index (κ3) is 7.66. The lowest BCUT2D eigenvalue weighted by molar-refractivity contribution is -0.197. The van der Waals surface area contributed by atoms with Crippen molar-refractivity contribution in [2.24, 2.45) is 0 Å². The van der Waals surface area contributed by atoms with Gasteiger partial charge in [-0.2, -0.15) is 0 Å². The molecule has 0 bridgehead atoms. The molecule has 4 rings (SSSR count). The number of amides is 2. The quantitative estimate of drug-likeness (QED) is 0.108. The molecule has 1 heterocycles. The van der Waals surface area contributed by atoms with Gasteiger partial charge < -0.3 is 38.2 Å². The van der Waals surface area contributed by atoms with Gasteiger partial charge in [0.1, 0.15) is 34.5 Å². The number of nitrogens with zero attached hydrogens (tertiary/aromatic N) is 2. The predicted molar refractivity (Wildman–Crippen MR) is 187 cm³/mol. The average Bonchev–Trinajstić information content (AvgIpc) is 3.40. The topological polar surface area (TPSA) is 122 Å². The molecule has 1 aliphatic heterocycles. The summed E-state index contributed by atoms with van der Waals surface area (Å²) in [6, 6.07) is 11.5. The van der Waals surface area contributed by atoms with Crippen LogP contribution in [0.3, 0.4) is 0 Å². The van der Waals surface area contributed by atoms with Crippen LogP contribution in [0.2, 0.25) is 0 Å². The number of halogens is 1. The molecule has 1 atom stereocenters. The number of carbonyl (C=O) groups excluding carboxylic acids is 3. The molecule has 3 aromatic rings. The molecule has 0 aromatic heterocycles. The monoisotopic (exact) mass is 776 g/mol. The normalized spacial score (nSPS) is 13.2. The van der Waals surface area contributed by atoms with Gasteiger partial charge in [-0.25, -0.2) is 4.79 Å². The van der Waals surface area contributed by atoms with Crippen molar-refractivity contribution in [3.63, 3.8) is 0 Å². The molecule has 2 amide bonds. The molecule has 0 saturated carbocycles. The number of ether oxygens (including phenoxy) is 6. The van der Waals surface area contributed by atoms with E-state index in [1.54, 1.807) is 42.7 Å². The van der Waals surface area contributed by atoms with Gasteiger partial charge in [0.15, 0.2) is 0 Å². The third-order valence-electron chi connectivity index (χ3n) is 8.11. The summed E-state index contributed by atoms with van der Waals surface area (Å²) in [5.74, 6) is 1.09. The van der Waals surface area contributed by atoms with Crippen LogP contribution in [0.5, 0.6) is 34.5 Å². The van der Waals surface area contributed by atoms with E-state index in [9.17, 15) is 14.4 Å². The minimum atomic E-state index is -0.651. The molecule has 3 aromatic carbocycles. The van der Waals surface area contributed by atoms with Gasteiger partial charge in [-0.3, -0.25) is 9.59 Å². The van der Waals surface area contributed by atoms with E-state index in [1.165, 1.54) is 0 Å². The zero-order valence-corrected chi connectivity index (χ0v) is 30.6. The molecular formula is C35H41IN2O10. The maximum atomic E-state index is 12.4. The number of anilines is 1. The van der Waals surface area contributed by atoms with Crippen LogP contribution in [0, 0.1) is 10.5 Å². The number of benzene rings is 3. The molecular weight excluding hydrogens is 735 g/mol. The lowest BCUT2D eigenvalue weighted by Gasteiger charge is -2.30. The summed E-state index contributed by atoms with van der Waals surface area (Å²) in [6.07, 6.45) is 0.495. The summed E-state index contributed by atoms with van der Waals surface area (Å²) >= 11 is 2.22. The van der Waals surface area contributed by atoms with E-state index < -0.39 is 23.7 Å². The van der Waals surface area contributed by atoms with Gasteiger partial charge in [0.2, 0.25) is 0 Å². The van der Waals surface area contributed by atoms with Crippen molar-refractivity contribution in [3.05, 3.63) is 62.2 Å². The Kier molecular flexibility index (Phi) is 12.2. The Morgan fingerprint density at radius 2 is 1.12 bits per heavy atom. The Morgan fingerprint density at radius 3 is 1.54 bits per heavy atom.